The maximum atomic E-state index is 13.0. The molecule has 2 amide bonds. The fourth-order valence-corrected chi connectivity index (χ4v) is 5.40. The lowest BCUT2D eigenvalue weighted by molar-refractivity contribution is 0.100. The Labute approximate surface area is 188 Å². The Morgan fingerprint density at radius 1 is 1.09 bits per heavy atom. The molecule has 0 bridgehead atoms. The number of rotatable bonds is 4. The minimum atomic E-state index is -0.521. The minimum absolute atomic E-state index is 0.00942. The third-order valence-corrected chi connectivity index (χ3v) is 6.86. The highest BCUT2D eigenvalue weighted by Gasteiger charge is 2.25. The van der Waals surface area contributed by atoms with E-state index < -0.39 is 11.8 Å². The number of aromatic nitrogens is 4. The molecule has 1 aliphatic carbocycles. The van der Waals surface area contributed by atoms with Gasteiger partial charge in [0.15, 0.2) is 0 Å². The molecule has 0 saturated carbocycles. The number of carbonyl (C=O) groups excluding carboxylic acids is 2. The smallest absolute Gasteiger partial charge is 0.296 e. The van der Waals surface area contributed by atoms with Crippen LogP contribution in [0.3, 0.4) is 0 Å². The number of hydrogen-bond acceptors (Lipinski definition) is 6. The van der Waals surface area contributed by atoms with E-state index >= 15 is 0 Å². The van der Waals surface area contributed by atoms with Gasteiger partial charge >= 0.3 is 0 Å². The van der Waals surface area contributed by atoms with Gasteiger partial charge in [-0.2, -0.15) is 4.98 Å². The van der Waals surface area contributed by atoms with Crippen LogP contribution in [0.5, 0.6) is 0 Å². The number of nitrogens with one attached hydrogen (secondary N) is 1. The number of primary amides is 1. The van der Waals surface area contributed by atoms with Crippen molar-refractivity contribution in [1.82, 2.24) is 19.6 Å². The van der Waals surface area contributed by atoms with E-state index in [-0.39, 0.29) is 5.82 Å². The lowest BCUT2D eigenvalue weighted by atomic mass is 10.1. The number of benzene rings is 1. The Morgan fingerprint density at radius 2 is 1.88 bits per heavy atom. The molecule has 3 heterocycles. The molecule has 162 valence electrons. The van der Waals surface area contributed by atoms with E-state index in [0.717, 1.165) is 59.5 Å². The Kier molecular flexibility index (Phi) is 5.18. The number of fused-ring (bicyclic) bond motifs is 2. The van der Waals surface area contributed by atoms with Crippen LogP contribution >= 0.6 is 11.3 Å². The molecular formula is C23H22N6O2S. The van der Waals surface area contributed by atoms with Crippen molar-refractivity contribution in [3.8, 4) is 11.3 Å². The van der Waals surface area contributed by atoms with Gasteiger partial charge in [-0.05, 0) is 44.2 Å². The molecule has 0 fully saturated rings. The second-order valence-electron chi connectivity index (χ2n) is 7.88. The number of carbonyl (C=O) groups is 2. The molecule has 8 nitrogen and oxygen atoms in total. The quantitative estimate of drug-likeness (QED) is 0.463. The summed E-state index contributed by atoms with van der Waals surface area (Å²) in [6.45, 7) is 1.89. The van der Waals surface area contributed by atoms with Gasteiger partial charge in [-0.1, -0.05) is 36.8 Å². The number of amides is 2. The number of nitrogens with zero attached hydrogens (tertiary/aromatic N) is 4. The first kappa shape index (κ1) is 20.3. The molecule has 32 heavy (non-hydrogen) atoms. The molecular weight excluding hydrogens is 424 g/mol. The van der Waals surface area contributed by atoms with E-state index in [2.05, 4.69) is 20.4 Å². The van der Waals surface area contributed by atoms with Crippen LogP contribution in [0.25, 0.3) is 17.0 Å². The molecule has 0 saturated heterocycles. The average molecular weight is 447 g/mol. The third-order valence-electron chi connectivity index (χ3n) is 5.66. The summed E-state index contributed by atoms with van der Waals surface area (Å²) in [4.78, 5) is 35.2. The van der Waals surface area contributed by atoms with E-state index in [1.807, 2.05) is 43.3 Å². The van der Waals surface area contributed by atoms with Crippen molar-refractivity contribution in [1.29, 1.82) is 0 Å². The average Bonchev–Trinajstić information content (AvgIpc) is 3.29. The SMILES string of the molecule is Cc1cc(-c2ccccc2)nc2nc(C(=O)Nc3sc4c(c3C(N)=O)CCCCC4)nn12. The van der Waals surface area contributed by atoms with Crippen LogP contribution < -0.4 is 11.1 Å². The highest BCUT2D eigenvalue weighted by molar-refractivity contribution is 7.17. The highest BCUT2D eigenvalue weighted by atomic mass is 32.1. The fourth-order valence-electron chi connectivity index (χ4n) is 4.12. The Hall–Kier alpha value is -3.59. The van der Waals surface area contributed by atoms with Crippen LogP contribution in [0.2, 0.25) is 0 Å². The maximum Gasteiger partial charge on any atom is 0.296 e. The lowest BCUT2D eigenvalue weighted by Gasteiger charge is -2.04. The summed E-state index contributed by atoms with van der Waals surface area (Å²) in [5, 5.41) is 7.63. The normalized spacial score (nSPS) is 13.5. The molecule has 3 aromatic heterocycles. The molecule has 0 unspecified atom stereocenters. The van der Waals surface area contributed by atoms with E-state index in [1.165, 1.54) is 11.3 Å². The Balaban J connectivity index is 1.48. The molecule has 0 atom stereocenters. The van der Waals surface area contributed by atoms with Crippen molar-refractivity contribution < 1.29 is 9.59 Å². The van der Waals surface area contributed by atoms with Crippen LogP contribution in [0, 0.1) is 6.92 Å². The first-order valence-corrected chi connectivity index (χ1v) is 11.4. The molecule has 3 N–H and O–H groups in total. The molecule has 1 aliphatic rings. The predicted molar refractivity (Wildman–Crippen MR) is 123 cm³/mol. The molecule has 1 aromatic carbocycles. The van der Waals surface area contributed by atoms with Gasteiger partial charge in [0.1, 0.15) is 5.00 Å². The summed E-state index contributed by atoms with van der Waals surface area (Å²) in [6, 6.07) is 11.7. The number of aryl methyl sites for hydroxylation is 2. The van der Waals surface area contributed by atoms with Crippen molar-refractivity contribution in [2.45, 2.75) is 39.0 Å². The van der Waals surface area contributed by atoms with E-state index in [1.54, 1.807) is 4.52 Å². The van der Waals surface area contributed by atoms with Gasteiger partial charge < -0.3 is 11.1 Å². The van der Waals surface area contributed by atoms with Crippen molar-refractivity contribution in [2.75, 3.05) is 5.32 Å². The Morgan fingerprint density at radius 3 is 2.66 bits per heavy atom. The van der Waals surface area contributed by atoms with Gasteiger partial charge in [0.2, 0.25) is 5.82 Å². The summed E-state index contributed by atoms with van der Waals surface area (Å²) in [5.41, 5.74) is 9.59. The molecule has 5 rings (SSSR count). The standard InChI is InChI=1S/C23H22N6O2S/c1-13-12-16(14-8-4-2-5-9-14)25-23-26-20(28-29(13)23)21(31)27-22-18(19(24)30)15-10-6-3-7-11-17(15)32-22/h2,4-5,8-9,12H,3,6-7,10-11H2,1H3,(H2,24,30)(H,27,31). The zero-order valence-corrected chi connectivity index (χ0v) is 18.4. The second kappa shape index (κ2) is 8.16. The number of nitrogens with two attached hydrogens (primary N) is 1. The van der Waals surface area contributed by atoms with Gasteiger partial charge in [-0.15, -0.1) is 16.4 Å². The summed E-state index contributed by atoms with van der Waals surface area (Å²) in [6.07, 6.45) is 4.91. The largest absolute Gasteiger partial charge is 0.365 e. The summed E-state index contributed by atoms with van der Waals surface area (Å²) >= 11 is 1.43. The van der Waals surface area contributed by atoms with Crippen LogP contribution in [-0.2, 0) is 12.8 Å². The molecule has 0 spiro atoms. The van der Waals surface area contributed by atoms with E-state index in [4.69, 9.17) is 5.73 Å². The summed E-state index contributed by atoms with van der Waals surface area (Å²) in [5.74, 6) is -0.682. The monoisotopic (exact) mass is 446 g/mol. The van der Waals surface area contributed by atoms with E-state index in [0.29, 0.717) is 16.3 Å². The highest BCUT2D eigenvalue weighted by Crippen LogP contribution is 2.37. The zero-order chi connectivity index (χ0) is 22.2. The third kappa shape index (κ3) is 3.64. The second-order valence-corrected chi connectivity index (χ2v) is 8.99. The topological polar surface area (TPSA) is 115 Å². The van der Waals surface area contributed by atoms with Crippen molar-refractivity contribution in [3.63, 3.8) is 0 Å². The lowest BCUT2D eigenvalue weighted by Crippen LogP contribution is -2.19. The molecule has 0 aliphatic heterocycles. The first-order valence-electron chi connectivity index (χ1n) is 10.6. The zero-order valence-electron chi connectivity index (χ0n) is 17.6. The molecule has 4 aromatic rings. The minimum Gasteiger partial charge on any atom is -0.365 e. The van der Waals surface area contributed by atoms with Gasteiger partial charge in [0.05, 0.1) is 11.3 Å². The molecule has 0 radical (unpaired) electrons. The van der Waals surface area contributed by atoms with Crippen LogP contribution in [-0.4, -0.2) is 31.4 Å². The van der Waals surface area contributed by atoms with Crippen molar-refractivity contribution in [3.05, 3.63) is 63.9 Å². The van der Waals surface area contributed by atoms with Gasteiger partial charge in [-0.3, -0.25) is 9.59 Å². The Bertz CT molecular complexity index is 1340. The summed E-state index contributed by atoms with van der Waals surface area (Å²) in [7, 11) is 0. The van der Waals surface area contributed by atoms with Crippen LogP contribution in [0.4, 0.5) is 5.00 Å². The van der Waals surface area contributed by atoms with Crippen LogP contribution in [0.15, 0.2) is 36.4 Å². The van der Waals surface area contributed by atoms with Crippen molar-refractivity contribution >= 4 is 33.9 Å². The fraction of sp³-hybridized carbons (Fsp3) is 0.261. The number of anilines is 1. The number of hydrogen-bond donors (Lipinski definition) is 2. The number of thiophene rings is 1. The van der Waals surface area contributed by atoms with Crippen molar-refractivity contribution in [2.24, 2.45) is 5.73 Å². The first-order chi connectivity index (χ1) is 15.5. The maximum absolute atomic E-state index is 13.0. The van der Waals surface area contributed by atoms with Gasteiger partial charge in [-0.25, -0.2) is 9.50 Å². The van der Waals surface area contributed by atoms with Gasteiger partial charge in [0.25, 0.3) is 17.6 Å². The molecule has 9 heteroatoms. The van der Waals surface area contributed by atoms with Crippen LogP contribution in [0.1, 0.15) is 56.4 Å². The van der Waals surface area contributed by atoms with Gasteiger partial charge in [0, 0.05) is 16.1 Å². The predicted octanol–water partition coefficient (Wildman–Crippen LogP) is 3.78. The summed E-state index contributed by atoms with van der Waals surface area (Å²) < 4.78 is 1.54. The van der Waals surface area contributed by atoms with E-state index in [9.17, 15) is 9.59 Å².